The summed E-state index contributed by atoms with van der Waals surface area (Å²) in [5.74, 6) is -0.389. The number of urea groups is 1. The number of pyridine rings is 1. The molecule has 2 aliphatic rings. The first-order valence-corrected chi connectivity index (χ1v) is 10.0. The Balaban J connectivity index is 1.62. The number of carbonyl (C=O) groups is 2. The van der Waals surface area contributed by atoms with Crippen LogP contribution in [-0.4, -0.2) is 80.6 Å². The monoisotopic (exact) mass is 449 g/mol. The maximum atomic E-state index is 13.3. The highest BCUT2D eigenvalue weighted by Crippen LogP contribution is 2.41. The van der Waals surface area contributed by atoms with Crippen molar-refractivity contribution >= 4 is 18.1 Å². The third-order valence-corrected chi connectivity index (χ3v) is 5.27. The molecule has 2 aromatic rings. The lowest BCUT2D eigenvalue weighted by atomic mass is 10.1. The van der Waals surface area contributed by atoms with Gasteiger partial charge in [0.25, 0.3) is 5.91 Å². The normalized spacial score (nSPS) is 18.5. The molecule has 32 heavy (non-hydrogen) atoms. The molecule has 170 valence electrons. The highest BCUT2D eigenvalue weighted by molar-refractivity contribution is 6.13. The van der Waals surface area contributed by atoms with Crippen LogP contribution in [0.1, 0.15) is 30.1 Å². The van der Waals surface area contributed by atoms with Gasteiger partial charge in [0.15, 0.2) is 5.82 Å². The highest BCUT2D eigenvalue weighted by atomic mass is 19.4. The fourth-order valence-electron chi connectivity index (χ4n) is 3.30. The van der Waals surface area contributed by atoms with Crippen LogP contribution in [-0.2, 0) is 11.0 Å². The van der Waals surface area contributed by atoms with Gasteiger partial charge in [0.1, 0.15) is 17.7 Å². The predicted octanol–water partition coefficient (Wildman–Crippen LogP) is 2.49. The summed E-state index contributed by atoms with van der Waals surface area (Å²) in [6.07, 6.45) is -0.371. The number of rotatable bonds is 6. The lowest BCUT2D eigenvalue weighted by molar-refractivity contribution is -0.141. The first-order chi connectivity index (χ1) is 15.0. The number of hydrogen-bond acceptors (Lipinski definition) is 6. The van der Waals surface area contributed by atoms with E-state index < -0.39 is 23.8 Å². The maximum Gasteiger partial charge on any atom is 0.433 e. The van der Waals surface area contributed by atoms with Crippen LogP contribution in [0.2, 0.25) is 0 Å². The van der Waals surface area contributed by atoms with Crippen molar-refractivity contribution in [3.05, 3.63) is 35.5 Å². The van der Waals surface area contributed by atoms with Crippen molar-refractivity contribution in [1.29, 1.82) is 0 Å². The molecule has 0 aromatic carbocycles. The number of imide groups is 1. The zero-order chi connectivity index (χ0) is 23.2. The summed E-state index contributed by atoms with van der Waals surface area (Å²) in [5.41, 5.74) is -0.326. The van der Waals surface area contributed by atoms with Crippen LogP contribution in [0.25, 0.3) is 17.6 Å². The van der Waals surface area contributed by atoms with Crippen molar-refractivity contribution in [3.63, 3.8) is 0 Å². The van der Waals surface area contributed by atoms with Crippen molar-refractivity contribution in [3.8, 4) is 11.4 Å². The van der Waals surface area contributed by atoms with E-state index in [0.29, 0.717) is 12.2 Å². The van der Waals surface area contributed by atoms with E-state index in [4.69, 9.17) is 0 Å². The molecule has 2 fully saturated rings. The average molecular weight is 449 g/mol. The quantitative estimate of drug-likeness (QED) is 0.498. The van der Waals surface area contributed by atoms with Crippen LogP contribution in [0.5, 0.6) is 0 Å². The molecule has 12 heteroatoms. The van der Waals surface area contributed by atoms with Gasteiger partial charge in [-0.2, -0.15) is 13.2 Å². The molecule has 9 nitrogen and oxygen atoms in total. The standard InChI is InChI=1S/C20H22F3N7O2/c1-27(2)6-7-30-18(31)15(28(3)19(30)32)10-29-11-24-17(26-29)13-8-14(12-4-5-12)25-16(9-13)20(21,22)23/h8-12H,4-7H2,1-3H3/b15-10-. The van der Waals surface area contributed by atoms with Crippen molar-refractivity contribution in [1.82, 2.24) is 34.4 Å². The number of nitrogens with zero attached hydrogens (tertiary/aromatic N) is 7. The third kappa shape index (κ3) is 4.35. The van der Waals surface area contributed by atoms with Gasteiger partial charge in [-0.25, -0.2) is 19.4 Å². The molecule has 3 heterocycles. The Morgan fingerprint density at radius 2 is 1.94 bits per heavy atom. The summed E-state index contributed by atoms with van der Waals surface area (Å²) in [7, 11) is 5.14. The molecular formula is C20H22F3N7O2. The summed E-state index contributed by atoms with van der Waals surface area (Å²) in [6, 6.07) is 2.03. The van der Waals surface area contributed by atoms with E-state index in [-0.39, 0.29) is 29.5 Å². The second-order valence-electron chi connectivity index (χ2n) is 8.10. The maximum absolute atomic E-state index is 13.3. The molecule has 1 saturated carbocycles. The van der Waals surface area contributed by atoms with Gasteiger partial charge in [0, 0.05) is 37.3 Å². The molecule has 0 N–H and O–H groups in total. The van der Waals surface area contributed by atoms with Crippen molar-refractivity contribution in [2.75, 3.05) is 34.2 Å². The first kappa shape index (κ1) is 21.9. The largest absolute Gasteiger partial charge is 0.433 e. The Bertz CT molecular complexity index is 1090. The fourth-order valence-corrected chi connectivity index (χ4v) is 3.30. The van der Waals surface area contributed by atoms with E-state index in [9.17, 15) is 22.8 Å². The minimum atomic E-state index is -4.58. The lowest BCUT2D eigenvalue weighted by Gasteiger charge is -2.16. The van der Waals surface area contributed by atoms with Crippen molar-refractivity contribution in [2.45, 2.75) is 24.9 Å². The van der Waals surface area contributed by atoms with E-state index in [1.807, 2.05) is 19.0 Å². The molecule has 0 radical (unpaired) electrons. The Morgan fingerprint density at radius 1 is 1.22 bits per heavy atom. The topological polar surface area (TPSA) is 87.5 Å². The molecule has 0 unspecified atom stereocenters. The first-order valence-electron chi connectivity index (χ1n) is 10.0. The van der Waals surface area contributed by atoms with Gasteiger partial charge < -0.3 is 4.90 Å². The molecule has 3 amide bonds. The Morgan fingerprint density at radius 3 is 2.56 bits per heavy atom. The smallest absolute Gasteiger partial charge is 0.308 e. The number of hydrogen-bond donors (Lipinski definition) is 0. The SMILES string of the molecule is CN(C)CCN1C(=O)/C(=C/n2cnc(-c3cc(C4CC4)nc(C(F)(F)F)c3)n2)N(C)C1=O. The van der Waals surface area contributed by atoms with Gasteiger partial charge in [-0.05, 0) is 39.1 Å². The van der Waals surface area contributed by atoms with E-state index in [0.717, 1.165) is 23.8 Å². The van der Waals surface area contributed by atoms with Crippen LogP contribution in [0, 0.1) is 0 Å². The molecule has 1 aliphatic carbocycles. The summed E-state index contributed by atoms with van der Waals surface area (Å²) in [6.45, 7) is 0.745. The fraction of sp³-hybridized carbons (Fsp3) is 0.450. The number of aromatic nitrogens is 4. The lowest BCUT2D eigenvalue weighted by Crippen LogP contribution is -2.36. The van der Waals surface area contributed by atoms with Gasteiger partial charge in [-0.15, -0.1) is 5.10 Å². The number of amides is 3. The molecule has 1 aliphatic heterocycles. The molecule has 1 saturated heterocycles. The number of alkyl halides is 3. The zero-order valence-electron chi connectivity index (χ0n) is 17.8. The van der Waals surface area contributed by atoms with Crippen LogP contribution in [0.15, 0.2) is 24.2 Å². The van der Waals surface area contributed by atoms with E-state index in [1.54, 1.807) is 6.07 Å². The molecule has 0 atom stereocenters. The van der Waals surface area contributed by atoms with E-state index in [2.05, 4.69) is 15.1 Å². The van der Waals surface area contributed by atoms with Crippen molar-refractivity contribution < 1.29 is 22.8 Å². The summed E-state index contributed by atoms with van der Waals surface area (Å²) >= 11 is 0. The van der Waals surface area contributed by atoms with Gasteiger partial charge in [-0.1, -0.05) is 0 Å². The van der Waals surface area contributed by atoms with E-state index >= 15 is 0 Å². The van der Waals surface area contributed by atoms with Crippen LogP contribution in [0.4, 0.5) is 18.0 Å². The van der Waals surface area contributed by atoms with E-state index in [1.165, 1.54) is 29.2 Å². The molecule has 0 spiro atoms. The highest BCUT2D eigenvalue weighted by Gasteiger charge is 2.39. The average Bonchev–Trinajstić information content (AvgIpc) is 3.44. The number of carbonyl (C=O) groups excluding carboxylic acids is 2. The minimum Gasteiger partial charge on any atom is -0.308 e. The van der Waals surface area contributed by atoms with Crippen LogP contribution < -0.4 is 0 Å². The van der Waals surface area contributed by atoms with Gasteiger partial charge in [0.05, 0.1) is 6.20 Å². The zero-order valence-corrected chi connectivity index (χ0v) is 17.8. The second-order valence-corrected chi connectivity index (χ2v) is 8.10. The van der Waals surface area contributed by atoms with Crippen molar-refractivity contribution in [2.24, 2.45) is 0 Å². The predicted molar refractivity (Wildman–Crippen MR) is 108 cm³/mol. The summed E-state index contributed by atoms with van der Waals surface area (Å²) < 4.78 is 41.1. The van der Waals surface area contributed by atoms with Crippen LogP contribution >= 0.6 is 0 Å². The minimum absolute atomic E-state index is 0.0178. The molecule has 2 aromatic heterocycles. The molecular weight excluding hydrogens is 427 g/mol. The van der Waals surface area contributed by atoms with Gasteiger partial charge in [-0.3, -0.25) is 14.6 Å². The third-order valence-electron chi connectivity index (χ3n) is 5.27. The second kappa shape index (κ2) is 8.01. The van der Waals surface area contributed by atoms with Crippen LogP contribution in [0.3, 0.4) is 0 Å². The number of likely N-dealkylation sites (N-methyl/N-ethyl adjacent to an activating group) is 2. The Kier molecular flexibility index (Phi) is 5.49. The Hall–Kier alpha value is -3.28. The molecule has 0 bridgehead atoms. The summed E-state index contributed by atoms with van der Waals surface area (Å²) in [5, 5.41) is 4.20. The number of halogens is 3. The van der Waals surface area contributed by atoms with Gasteiger partial charge >= 0.3 is 12.2 Å². The Labute approximate surface area is 182 Å². The van der Waals surface area contributed by atoms with Gasteiger partial charge in [0.2, 0.25) is 0 Å². The molecule has 4 rings (SSSR count). The summed E-state index contributed by atoms with van der Waals surface area (Å²) in [4.78, 5) is 37.1.